The fourth-order valence-corrected chi connectivity index (χ4v) is 4.25. The Labute approximate surface area is 188 Å². The van der Waals surface area contributed by atoms with Gasteiger partial charge in [-0.2, -0.15) is 4.37 Å². The number of anilines is 1. The molecule has 1 aliphatic rings. The lowest BCUT2D eigenvalue weighted by molar-refractivity contribution is 0.0996. The van der Waals surface area contributed by atoms with E-state index >= 15 is 0 Å². The van der Waals surface area contributed by atoms with Crippen LogP contribution in [0.4, 0.5) is 9.80 Å². The van der Waals surface area contributed by atoms with E-state index in [1.165, 1.54) is 12.8 Å². The Balaban J connectivity index is 1.54. The van der Waals surface area contributed by atoms with Crippen molar-refractivity contribution in [2.75, 3.05) is 31.5 Å². The molecule has 1 aromatic carbocycles. The highest BCUT2D eigenvalue weighted by atomic mass is 35.5. The lowest BCUT2D eigenvalue weighted by Crippen LogP contribution is -2.32. The maximum atomic E-state index is 12.2. The number of halogens is 2. The second kappa shape index (κ2) is 10.8. The van der Waals surface area contributed by atoms with Crippen LogP contribution in [0.5, 0.6) is 5.88 Å². The monoisotopic (exact) mass is 471 g/mol. The van der Waals surface area contributed by atoms with Crippen molar-refractivity contribution in [2.45, 2.75) is 25.9 Å². The van der Waals surface area contributed by atoms with Crippen molar-refractivity contribution >= 4 is 51.7 Å². The molecular formula is C19H23Cl2N5O3S. The van der Waals surface area contributed by atoms with E-state index in [1.54, 1.807) is 18.2 Å². The average molecular weight is 472 g/mol. The zero-order chi connectivity index (χ0) is 21.5. The Morgan fingerprint density at radius 1 is 1.27 bits per heavy atom. The maximum Gasteiger partial charge on any atom is 0.319 e. The molecule has 0 spiro atoms. The average Bonchev–Trinajstić information content (AvgIpc) is 3.36. The van der Waals surface area contributed by atoms with Crippen molar-refractivity contribution in [2.24, 2.45) is 5.73 Å². The number of nitrogens with one attached hydrogen (secondary N) is 2. The third-order valence-corrected chi connectivity index (χ3v) is 6.27. The summed E-state index contributed by atoms with van der Waals surface area (Å²) in [6.45, 7) is 3.78. The Morgan fingerprint density at radius 3 is 2.77 bits per heavy atom. The van der Waals surface area contributed by atoms with E-state index in [-0.39, 0.29) is 23.1 Å². The zero-order valence-corrected chi connectivity index (χ0v) is 18.6. The van der Waals surface area contributed by atoms with Gasteiger partial charge in [-0.05, 0) is 56.5 Å². The Hall–Kier alpha value is -2.07. The van der Waals surface area contributed by atoms with Crippen LogP contribution in [0, 0.1) is 0 Å². The van der Waals surface area contributed by atoms with Gasteiger partial charge in [0.2, 0.25) is 5.88 Å². The molecule has 0 bridgehead atoms. The Bertz CT molecular complexity index is 902. The fraction of sp³-hybridized carbons (Fsp3) is 0.421. The number of primary amides is 1. The predicted octanol–water partition coefficient (Wildman–Crippen LogP) is 3.74. The number of nitrogens with zero attached hydrogens (tertiary/aromatic N) is 2. The molecule has 0 atom stereocenters. The molecule has 1 fully saturated rings. The Kier molecular flexibility index (Phi) is 8.15. The number of hydrogen-bond donors (Lipinski definition) is 3. The topological polar surface area (TPSA) is 110 Å². The molecule has 1 saturated heterocycles. The molecule has 0 saturated carbocycles. The second-order valence-corrected chi connectivity index (χ2v) is 8.40. The second-order valence-electron chi connectivity index (χ2n) is 6.84. The van der Waals surface area contributed by atoms with Crippen molar-refractivity contribution in [3.05, 3.63) is 39.4 Å². The SMILES string of the molecule is NC(=O)c1c(OCc2cccc(Cl)c2Cl)nsc1NC(=O)NCCCN1CCCC1. The molecule has 0 aliphatic carbocycles. The number of nitrogens with two attached hydrogens (primary N) is 1. The summed E-state index contributed by atoms with van der Waals surface area (Å²) in [4.78, 5) is 26.5. The Morgan fingerprint density at radius 2 is 2.03 bits per heavy atom. The summed E-state index contributed by atoms with van der Waals surface area (Å²) < 4.78 is 9.72. The van der Waals surface area contributed by atoms with E-state index in [0.29, 0.717) is 22.2 Å². The van der Waals surface area contributed by atoms with Gasteiger partial charge in [0.25, 0.3) is 5.91 Å². The van der Waals surface area contributed by atoms with Gasteiger partial charge in [-0.1, -0.05) is 35.3 Å². The number of likely N-dealkylation sites (tertiary alicyclic amines) is 1. The van der Waals surface area contributed by atoms with Crippen molar-refractivity contribution in [3.8, 4) is 5.88 Å². The number of carbonyl (C=O) groups excluding carboxylic acids is 2. The first-order chi connectivity index (χ1) is 14.5. The van der Waals surface area contributed by atoms with Crippen molar-refractivity contribution in [1.29, 1.82) is 0 Å². The molecule has 162 valence electrons. The third-order valence-electron chi connectivity index (χ3n) is 4.67. The van der Waals surface area contributed by atoms with Gasteiger partial charge >= 0.3 is 6.03 Å². The van der Waals surface area contributed by atoms with E-state index in [1.807, 2.05) is 0 Å². The number of hydrogen-bond acceptors (Lipinski definition) is 6. The first kappa shape index (κ1) is 22.6. The van der Waals surface area contributed by atoms with Gasteiger partial charge in [-0.3, -0.25) is 10.1 Å². The third kappa shape index (κ3) is 5.98. The van der Waals surface area contributed by atoms with Crippen LogP contribution in [0.2, 0.25) is 10.0 Å². The van der Waals surface area contributed by atoms with Crippen LogP contribution in [0.25, 0.3) is 0 Å². The summed E-state index contributed by atoms with van der Waals surface area (Å²) in [5, 5.41) is 6.39. The minimum Gasteiger partial charge on any atom is -0.472 e. The molecule has 11 heteroatoms. The zero-order valence-electron chi connectivity index (χ0n) is 16.2. The summed E-state index contributed by atoms with van der Waals surface area (Å²) in [6.07, 6.45) is 3.33. The smallest absolute Gasteiger partial charge is 0.319 e. The summed E-state index contributed by atoms with van der Waals surface area (Å²) in [7, 11) is 0. The summed E-state index contributed by atoms with van der Waals surface area (Å²) in [5.41, 5.74) is 6.13. The molecule has 0 unspecified atom stereocenters. The minimum absolute atomic E-state index is 0.0189. The van der Waals surface area contributed by atoms with Crippen LogP contribution in [0.15, 0.2) is 18.2 Å². The van der Waals surface area contributed by atoms with Crippen LogP contribution in [-0.4, -0.2) is 47.4 Å². The fourth-order valence-electron chi connectivity index (χ4n) is 3.14. The number of amides is 3. The van der Waals surface area contributed by atoms with Crippen LogP contribution < -0.4 is 21.1 Å². The van der Waals surface area contributed by atoms with Crippen LogP contribution in [-0.2, 0) is 6.61 Å². The van der Waals surface area contributed by atoms with Crippen LogP contribution in [0.3, 0.4) is 0 Å². The molecule has 3 amide bonds. The van der Waals surface area contributed by atoms with Gasteiger partial charge in [0.05, 0.1) is 10.0 Å². The largest absolute Gasteiger partial charge is 0.472 e. The van der Waals surface area contributed by atoms with E-state index in [2.05, 4.69) is 19.9 Å². The van der Waals surface area contributed by atoms with Gasteiger partial charge in [-0.25, -0.2) is 4.79 Å². The summed E-state index contributed by atoms with van der Waals surface area (Å²) in [5.74, 6) is -0.715. The molecule has 2 heterocycles. The summed E-state index contributed by atoms with van der Waals surface area (Å²) >= 11 is 13.1. The molecule has 1 aromatic heterocycles. The van der Waals surface area contributed by atoms with E-state index in [4.69, 9.17) is 33.7 Å². The number of benzene rings is 1. The maximum absolute atomic E-state index is 12.2. The molecule has 2 aromatic rings. The normalized spacial score (nSPS) is 13.9. The van der Waals surface area contributed by atoms with Gasteiger partial charge in [0.1, 0.15) is 17.2 Å². The van der Waals surface area contributed by atoms with Gasteiger partial charge in [0.15, 0.2) is 0 Å². The van der Waals surface area contributed by atoms with E-state index in [0.717, 1.165) is 37.6 Å². The first-order valence-electron chi connectivity index (χ1n) is 9.58. The van der Waals surface area contributed by atoms with Crippen LogP contribution >= 0.6 is 34.7 Å². The highest BCUT2D eigenvalue weighted by Crippen LogP contribution is 2.32. The number of aromatic nitrogens is 1. The highest BCUT2D eigenvalue weighted by Gasteiger charge is 2.22. The molecule has 1 aliphatic heterocycles. The molecule has 30 heavy (non-hydrogen) atoms. The minimum atomic E-state index is -0.750. The van der Waals surface area contributed by atoms with E-state index in [9.17, 15) is 9.59 Å². The molecule has 4 N–H and O–H groups in total. The number of carbonyl (C=O) groups is 2. The van der Waals surface area contributed by atoms with E-state index < -0.39 is 11.9 Å². The first-order valence-corrected chi connectivity index (χ1v) is 11.1. The highest BCUT2D eigenvalue weighted by molar-refractivity contribution is 7.11. The van der Waals surface area contributed by atoms with Gasteiger partial charge < -0.3 is 20.7 Å². The molecular weight excluding hydrogens is 449 g/mol. The lowest BCUT2D eigenvalue weighted by atomic mass is 10.2. The van der Waals surface area contributed by atoms with Crippen molar-refractivity contribution in [3.63, 3.8) is 0 Å². The number of rotatable bonds is 9. The van der Waals surface area contributed by atoms with Crippen molar-refractivity contribution < 1.29 is 14.3 Å². The lowest BCUT2D eigenvalue weighted by Gasteiger charge is -2.14. The predicted molar refractivity (Wildman–Crippen MR) is 119 cm³/mol. The number of ether oxygens (including phenoxy) is 1. The molecule has 8 nitrogen and oxygen atoms in total. The van der Waals surface area contributed by atoms with Crippen LogP contribution in [0.1, 0.15) is 35.2 Å². The quantitative estimate of drug-likeness (QED) is 0.482. The molecule has 0 radical (unpaired) electrons. The van der Waals surface area contributed by atoms with Gasteiger partial charge in [-0.15, -0.1) is 0 Å². The number of urea groups is 1. The standard InChI is InChI=1S/C19H23Cl2N5O3S/c20-13-6-3-5-12(15(13)21)11-29-17-14(16(22)27)18(30-25-17)24-19(28)23-7-4-10-26-8-1-2-9-26/h3,5-6H,1-2,4,7-11H2,(H2,22,27)(H2,23,24,28). The molecule has 3 rings (SSSR count). The van der Waals surface area contributed by atoms with Crippen molar-refractivity contribution in [1.82, 2.24) is 14.6 Å². The van der Waals surface area contributed by atoms with Gasteiger partial charge in [0, 0.05) is 12.1 Å². The summed E-state index contributed by atoms with van der Waals surface area (Å²) in [6, 6.07) is 4.73.